The van der Waals surface area contributed by atoms with Crippen LogP contribution in [0.5, 0.6) is 0 Å². The molecule has 0 aliphatic carbocycles. The summed E-state index contributed by atoms with van der Waals surface area (Å²) in [6.45, 7) is 7.81. The number of aliphatic hydroxyl groups excluding tert-OH is 2. The van der Waals surface area contributed by atoms with Crippen LogP contribution >= 0.6 is 0 Å². The molecule has 0 amide bonds. The summed E-state index contributed by atoms with van der Waals surface area (Å²) in [6.07, 6.45) is 0.103. The van der Waals surface area contributed by atoms with E-state index < -0.39 is 12.2 Å². The third kappa shape index (κ3) is 2.79. The third-order valence-corrected chi connectivity index (χ3v) is 3.34. The van der Waals surface area contributed by atoms with E-state index in [-0.39, 0.29) is 5.92 Å². The summed E-state index contributed by atoms with van der Waals surface area (Å²) in [7, 11) is 0. The van der Waals surface area contributed by atoms with E-state index in [4.69, 9.17) is 0 Å². The Kier molecular flexibility index (Phi) is 4.21. The highest BCUT2D eigenvalue weighted by molar-refractivity contribution is 5.61. The van der Waals surface area contributed by atoms with Gasteiger partial charge in [-0.3, -0.25) is 0 Å². The minimum atomic E-state index is -0.711. The van der Waals surface area contributed by atoms with Gasteiger partial charge in [0.15, 0.2) is 0 Å². The van der Waals surface area contributed by atoms with Gasteiger partial charge >= 0.3 is 0 Å². The first-order valence-electron chi connectivity index (χ1n) is 6.74. The Bertz CT molecular complexity index is 429. The molecule has 6 nitrogen and oxygen atoms in total. The highest BCUT2D eigenvalue weighted by atomic mass is 16.3. The molecule has 1 fully saturated rings. The zero-order valence-electron chi connectivity index (χ0n) is 11.7. The first-order valence-corrected chi connectivity index (χ1v) is 6.74. The summed E-state index contributed by atoms with van der Waals surface area (Å²) in [4.78, 5) is 10.6. The molecule has 3 N–H and O–H groups in total. The Balaban J connectivity index is 2.37. The Labute approximate surface area is 113 Å². The fourth-order valence-electron chi connectivity index (χ4n) is 2.42. The van der Waals surface area contributed by atoms with Crippen molar-refractivity contribution in [3.8, 4) is 0 Å². The molecule has 0 saturated carbocycles. The molecule has 1 aromatic rings. The van der Waals surface area contributed by atoms with Gasteiger partial charge in [-0.15, -0.1) is 0 Å². The first kappa shape index (κ1) is 14.0. The highest BCUT2D eigenvalue weighted by Crippen LogP contribution is 2.32. The molecule has 1 aromatic heterocycles. The van der Waals surface area contributed by atoms with Gasteiger partial charge in [0.05, 0.1) is 12.2 Å². The predicted octanol–water partition coefficient (Wildman–Crippen LogP) is 0.574. The van der Waals surface area contributed by atoms with Crippen molar-refractivity contribution >= 4 is 11.6 Å². The zero-order chi connectivity index (χ0) is 14.0. The van der Waals surface area contributed by atoms with Crippen molar-refractivity contribution in [2.24, 2.45) is 0 Å². The van der Waals surface area contributed by atoms with Crippen molar-refractivity contribution in [2.75, 3.05) is 29.9 Å². The molecule has 2 rings (SSSR count). The topological polar surface area (TPSA) is 81.5 Å². The van der Waals surface area contributed by atoms with E-state index in [9.17, 15) is 10.2 Å². The smallest absolute Gasteiger partial charge is 0.137 e. The molecule has 1 aliphatic rings. The fourth-order valence-corrected chi connectivity index (χ4v) is 2.42. The van der Waals surface area contributed by atoms with Crippen LogP contribution in [0, 0.1) is 0 Å². The van der Waals surface area contributed by atoms with E-state index in [0.717, 1.165) is 23.7 Å². The van der Waals surface area contributed by atoms with E-state index in [2.05, 4.69) is 29.1 Å². The Hall–Kier alpha value is -1.40. The molecule has 0 spiro atoms. The van der Waals surface area contributed by atoms with E-state index in [1.54, 1.807) is 0 Å². The van der Waals surface area contributed by atoms with Crippen molar-refractivity contribution in [3.05, 3.63) is 11.9 Å². The Morgan fingerprint density at radius 3 is 2.47 bits per heavy atom. The van der Waals surface area contributed by atoms with Gasteiger partial charge in [-0.2, -0.15) is 0 Å². The molecule has 1 aliphatic heterocycles. The molecule has 2 heterocycles. The van der Waals surface area contributed by atoms with Gasteiger partial charge in [0, 0.05) is 25.2 Å². The minimum Gasteiger partial charge on any atom is -0.389 e. The monoisotopic (exact) mass is 266 g/mol. The number of aromatic nitrogens is 2. The number of nitrogens with one attached hydrogen (secondary N) is 1. The quantitative estimate of drug-likeness (QED) is 0.739. The van der Waals surface area contributed by atoms with E-state index in [1.807, 2.05) is 11.8 Å². The largest absolute Gasteiger partial charge is 0.389 e. The molecule has 6 heteroatoms. The van der Waals surface area contributed by atoms with Gasteiger partial charge in [0.2, 0.25) is 0 Å². The molecule has 0 bridgehead atoms. The molecule has 106 valence electrons. The molecule has 0 aromatic carbocycles. The lowest BCUT2D eigenvalue weighted by Gasteiger charge is -2.23. The van der Waals surface area contributed by atoms with Crippen molar-refractivity contribution in [3.63, 3.8) is 0 Å². The molecular weight excluding hydrogens is 244 g/mol. The molecule has 2 unspecified atom stereocenters. The summed E-state index contributed by atoms with van der Waals surface area (Å²) >= 11 is 0. The average molecular weight is 266 g/mol. The second-order valence-electron chi connectivity index (χ2n) is 5.18. The third-order valence-electron chi connectivity index (χ3n) is 3.34. The zero-order valence-corrected chi connectivity index (χ0v) is 11.7. The van der Waals surface area contributed by atoms with Crippen molar-refractivity contribution in [1.82, 2.24) is 9.97 Å². The maximum atomic E-state index is 9.68. The minimum absolute atomic E-state index is 0.264. The van der Waals surface area contributed by atoms with Crippen LogP contribution in [-0.4, -0.2) is 52.0 Å². The lowest BCUT2D eigenvalue weighted by molar-refractivity contribution is 0.0572. The number of aliphatic hydroxyl groups is 2. The van der Waals surface area contributed by atoms with E-state index in [0.29, 0.717) is 13.1 Å². The highest BCUT2D eigenvalue weighted by Gasteiger charge is 2.32. The molecule has 19 heavy (non-hydrogen) atoms. The summed E-state index contributed by atoms with van der Waals surface area (Å²) in [5.74, 6) is 1.90. The van der Waals surface area contributed by atoms with E-state index in [1.165, 1.54) is 6.33 Å². The van der Waals surface area contributed by atoms with Crippen LogP contribution in [0.15, 0.2) is 6.33 Å². The van der Waals surface area contributed by atoms with Crippen LogP contribution in [0.2, 0.25) is 0 Å². The number of nitrogens with zero attached hydrogens (tertiary/aromatic N) is 3. The number of hydrogen-bond acceptors (Lipinski definition) is 6. The predicted molar refractivity (Wildman–Crippen MR) is 74.5 cm³/mol. The second-order valence-corrected chi connectivity index (χ2v) is 5.18. The van der Waals surface area contributed by atoms with Gasteiger partial charge in [0.25, 0.3) is 0 Å². The Morgan fingerprint density at radius 1 is 1.32 bits per heavy atom. The van der Waals surface area contributed by atoms with Gasteiger partial charge < -0.3 is 20.4 Å². The van der Waals surface area contributed by atoms with Crippen molar-refractivity contribution in [2.45, 2.75) is 38.9 Å². The summed E-state index contributed by atoms with van der Waals surface area (Å²) in [5, 5.41) is 22.6. The number of hydrogen-bond donors (Lipinski definition) is 3. The standard InChI is InChI=1S/C13H22N4O2/c1-4-14-12-11(8(2)3)13(16-7-15-12)17-5-9(18)10(19)6-17/h7-10,18-19H,4-6H2,1-3H3,(H,14,15,16). The van der Waals surface area contributed by atoms with E-state index >= 15 is 0 Å². The van der Waals surface area contributed by atoms with Gasteiger partial charge in [-0.1, -0.05) is 13.8 Å². The number of anilines is 2. The molecule has 1 saturated heterocycles. The average Bonchev–Trinajstić information content (AvgIpc) is 2.69. The van der Waals surface area contributed by atoms with Crippen LogP contribution < -0.4 is 10.2 Å². The maximum Gasteiger partial charge on any atom is 0.137 e. The van der Waals surface area contributed by atoms with Crippen molar-refractivity contribution < 1.29 is 10.2 Å². The van der Waals surface area contributed by atoms with Crippen LogP contribution in [0.3, 0.4) is 0 Å². The number of β-amino-alcohol motifs (C(OH)–C–C–N with tert-alkyl or cyclic N) is 2. The van der Waals surface area contributed by atoms with Crippen LogP contribution in [0.25, 0.3) is 0 Å². The SMILES string of the molecule is CCNc1ncnc(N2CC(O)C(O)C2)c1C(C)C. The maximum absolute atomic E-state index is 9.68. The molecular formula is C13H22N4O2. The van der Waals surface area contributed by atoms with Crippen LogP contribution in [0.1, 0.15) is 32.3 Å². The molecule has 0 radical (unpaired) electrons. The fraction of sp³-hybridized carbons (Fsp3) is 0.692. The first-order chi connectivity index (χ1) is 9.04. The van der Waals surface area contributed by atoms with Gasteiger partial charge in [0.1, 0.15) is 18.0 Å². The summed E-state index contributed by atoms with van der Waals surface area (Å²) in [5.41, 5.74) is 1.03. The number of rotatable bonds is 4. The van der Waals surface area contributed by atoms with Crippen LogP contribution in [0.4, 0.5) is 11.6 Å². The lowest BCUT2D eigenvalue weighted by atomic mass is 10.0. The molecule has 2 atom stereocenters. The summed E-state index contributed by atoms with van der Waals surface area (Å²) in [6, 6.07) is 0. The van der Waals surface area contributed by atoms with Crippen molar-refractivity contribution in [1.29, 1.82) is 0 Å². The normalized spacial score (nSPS) is 23.2. The van der Waals surface area contributed by atoms with Gasteiger partial charge in [-0.05, 0) is 12.8 Å². The van der Waals surface area contributed by atoms with Crippen LogP contribution in [-0.2, 0) is 0 Å². The second kappa shape index (κ2) is 5.71. The lowest BCUT2D eigenvalue weighted by Crippen LogP contribution is -2.25. The Morgan fingerprint density at radius 2 is 1.95 bits per heavy atom. The summed E-state index contributed by atoms with van der Waals surface area (Å²) < 4.78 is 0. The van der Waals surface area contributed by atoms with Gasteiger partial charge in [-0.25, -0.2) is 9.97 Å².